The lowest BCUT2D eigenvalue weighted by molar-refractivity contribution is 0.211. The van der Waals surface area contributed by atoms with E-state index in [-0.39, 0.29) is 5.54 Å². The summed E-state index contributed by atoms with van der Waals surface area (Å²) in [5.74, 6) is 0.576. The Hall–Kier alpha value is -1.16. The number of hydrogen-bond acceptors (Lipinski definition) is 4. The van der Waals surface area contributed by atoms with Crippen molar-refractivity contribution in [2.45, 2.75) is 38.1 Å². The molecule has 1 fully saturated rings. The lowest BCUT2D eigenvalue weighted by Gasteiger charge is -2.22. The zero-order valence-corrected chi connectivity index (χ0v) is 9.07. The Balaban J connectivity index is 1.92. The van der Waals surface area contributed by atoms with Gasteiger partial charge >= 0.3 is 0 Å². The molecule has 1 heterocycles. The van der Waals surface area contributed by atoms with Crippen molar-refractivity contribution in [3.05, 3.63) is 17.8 Å². The first kappa shape index (κ1) is 10.4. The number of rotatable bonds is 3. The second-order valence-corrected chi connectivity index (χ2v) is 4.43. The minimum Gasteiger partial charge on any atom is -0.475 e. The van der Waals surface area contributed by atoms with Crippen molar-refractivity contribution in [1.82, 2.24) is 10.2 Å². The topological polar surface area (TPSA) is 61.0 Å². The SMILES string of the molecule is Cc1cnnc(OCC2(N)CCCC2)c1. The highest BCUT2D eigenvalue weighted by molar-refractivity contribution is 5.15. The Morgan fingerprint density at radius 3 is 2.87 bits per heavy atom. The summed E-state index contributed by atoms with van der Waals surface area (Å²) in [6.45, 7) is 2.51. The molecule has 15 heavy (non-hydrogen) atoms. The molecule has 0 amide bonds. The van der Waals surface area contributed by atoms with Crippen molar-refractivity contribution in [2.24, 2.45) is 5.73 Å². The number of nitrogens with two attached hydrogens (primary N) is 1. The van der Waals surface area contributed by atoms with E-state index in [0.717, 1.165) is 18.4 Å². The predicted octanol–water partition coefficient (Wildman–Crippen LogP) is 1.44. The zero-order chi connectivity index (χ0) is 10.7. The molecule has 1 saturated carbocycles. The van der Waals surface area contributed by atoms with E-state index in [0.29, 0.717) is 12.5 Å². The van der Waals surface area contributed by atoms with Gasteiger partial charge in [0.05, 0.1) is 11.7 Å². The van der Waals surface area contributed by atoms with Crippen LogP contribution in [0.1, 0.15) is 31.2 Å². The molecule has 0 unspecified atom stereocenters. The van der Waals surface area contributed by atoms with Crippen LogP contribution in [0.2, 0.25) is 0 Å². The van der Waals surface area contributed by atoms with Crippen LogP contribution in [-0.2, 0) is 0 Å². The summed E-state index contributed by atoms with van der Waals surface area (Å²) < 4.78 is 5.58. The van der Waals surface area contributed by atoms with Gasteiger partial charge in [-0.05, 0) is 25.3 Å². The first-order chi connectivity index (χ1) is 7.18. The molecule has 1 aliphatic carbocycles. The quantitative estimate of drug-likeness (QED) is 0.814. The third kappa shape index (κ3) is 2.65. The van der Waals surface area contributed by atoms with Crippen LogP contribution >= 0.6 is 0 Å². The van der Waals surface area contributed by atoms with Crippen molar-refractivity contribution in [3.63, 3.8) is 0 Å². The molecule has 4 heteroatoms. The first-order valence-electron chi connectivity index (χ1n) is 5.39. The lowest BCUT2D eigenvalue weighted by atomic mass is 10.0. The highest BCUT2D eigenvalue weighted by Crippen LogP contribution is 2.27. The molecule has 0 aliphatic heterocycles. The summed E-state index contributed by atoms with van der Waals surface area (Å²) in [5, 5.41) is 7.74. The monoisotopic (exact) mass is 207 g/mol. The summed E-state index contributed by atoms with van der Waals surface area (Å²) in [6, 6.07) is 1.88. The molecular formula is C11H17N3O. The molecule has 0 atom stereocenters. The van der Waals surface area contributed by atoms with Crippen LogP contribution in [0.25, 0.3) is 0 Å². The van der Waals surface area contributed by atoms with Crippen LogP contribution in [0.15, 0.2) is 12.3 Å². The van der Waals surface area contributed by atoms with E-state index >= 15 is 0 Å². The zero-order valence-electron chi connectivity index (χ0n) is 9.07. The molecule has 0 bridgehead atoms. The Kier molecular flexibility index (Phi) is 2.86. The van der Waals surface area contributed by atoms with Gasteiger partial charge < -0.3 is 10.5 Å². The van der Waals surface area contributed by atoms with Gasteiger partial charge in [-0.2, -0.15) is 5.10 Å². The maximum Gasteiger partial charge on any atom is 0.233 e. The molecule has 0 aromatic carbocycles. The standard InChI is InChI=1S/C11H17N3O/c1-9-6-10(14-13-7-9)15-8-11(12)4-2-3-5-11/h6-7H,2-5,8,12H2,1H3. The maximum atomic E-state index is 6.17. The third-order valence-electron chi connectivity index (χ3n) is 2.88. The molecule has 4 nitrogen and oxygen atoms in total. The summed E-state index contributed by atoms with van der Waals surface area (Å²) >= 11 is 0. The number of aryl methyl sites for hydroxylation is 1. The Morgan fingerprint density at radius 2 is 2.20 bits per heavy atom. The van der Waals surface area contributed by atoms with E-state index in [9.17, 15) is 0 Å². The smallest absolute Gasteiger partial charge is 0.233 e. The van der Waals surface area contributed by atoms with Gasteiger partial charge in [-0.15, -0.1) is 5.10 Å². The highest BCUT2D eigenvalue weighted by atomic mass is 16.5. The normalized spacial score (nSPS) is 19.1. The summed E-state index contributed by atoms with van der Waals surface area (Å²) in [6.07, 6.45) is 6.22. The van der Waals surface area contributed by atoms with Gasteiger partial charge in [0.25, 0.3) is 0 Å². The molecule has 2 N–H and O–H groups in total. The summed E-state index contributed by atoms with van der Waals surface area (Å²) in [7, 11) is 0. The van der Waals surface area contributed by atoms with Gasteiger partial charge in [-0.25, -0.2) is 0 Å². The van der Waals surface area contributed by atoms with Crippen molar-refractivity contribution >= 4 is 0 Å². The van der Waals surface area contributed by atoms with Crippen molar-refractivity contribution in [3.8, 4) is 5.88 Å². The Labute approximate surface area is 89.8 Å². The van der Waals surface area contributed by atoms with Crippen LogP contribution < -0.4 is 10.5 Å². The fourth-order valence-corrected chi connectivity index (χ4v) is 1.95. The largest absolute Gasteiger partial charge is 0.475 e. The van der Waals surface area contributed by atoms with Crippen molar-refractivity contribution in [1.29, 1.82) is 0 Å². The lowest BCUT2D eigenvalue weighted by Crippen LogP contribution is -2.42. The van der Waals surface area contributed by atoms with Gasteiger partial charge in [0.15, 0.2) is 0 Å². The number of hydrogen-bond donors (Lipinski definition) is 1. The molecule has 1 aromatic rings. The molecule has 1 aromatic heterocycles. The minimum atomic E-state index is -0.147. The van der Waals surface area contributed by atoms with Crippen LogP contribution in [0.4, 0.5) is 0 Å². The van der Waals surface area contributed by atoms with Gasteiger partial charge in [-0.3, -0.25) is 0 Å². The van der Waals surface area contributed by atoms with Crippen LogP contribution in [0.3, 0.4) is 0 Å². The minimum absolute atomic E-state index is 0.147. The molecule has 2 rings (SSSR count). The molecule has 0 spiro atoms. The summed E-state index contributed by atoms with van der Waals surface area (Å²) in [4.78, 5) is 0. The van der Waals surface area contributed by atoms with Gasteiger partial charge in [0, 0.05) is 6.07 Å². The highest BCUT2D eigenvalue weighted by Gasteiger charge is 2.30. The molecule has 82 valence electrons. The van der Waals surface area contributed by atoms with E-state index in [1.807, 2.05) is 13.0 Å². The van der Waals surface area contributed by atoms with Crippen LogP contribution in [0.5, 0.6) is 5.88 Å². The van der Waals surface area contributed by atoms with Gasteiger partial charge in [-0.1, -0.05) is 12.8 Å². The first-order valence-corrected chi connectivity index (χ1v) is 5.39. The average molecular weight is 207 g/mol. The fourth-order valence-electron chi connectivity index (χ4n) is 1.95. The average Bonchev–Trinajstić information content (AvgIpc) is 2.63. The number of nitrogens with zero attached hydrogens (tertiary/aromatic N) is 2. The molecule has 0 saturated heterocycles. The maximum absolute atomic E-state index is 6.17. The van der Waals surface area contributed by atoms with E-state index in [1.165, 1.54) is 12.8 Å². The molecule has 0 radical (unpaired) electrons. The number of aromatic nitrogens is 2. The van der Waals surface area contributed by atoms with Gasteiger partial charge in [0.1, 0.15) is 6.61 Å². The van der Waals surface area contributed by atoms with E-state index < -0.39 is 0 Å². The van der Waals surface area contributed by atoms with Crippen molar-refractivity contribution in [2.75, 3.05) is 6.61 Å². The fraction of sp³-hybridized carbons (Fsp3) is 0.636. The number of ether oxygens (including phenoxy) is 1. The predicted molar refractivity (Wildman–Crippen MR) is 57.7 cm³/mol. The van der Waals surface area contributed by atoms with E-state index in [2.05, 4.69) is 10.2 Å². The van der Waals surface area contributed by atoms with Gasteiger partial charge in [0.2, 0.25) is 5.88 Å². The summed E-state index contributed by atoms with van der Waals surface area (Å²) in [5.41, 5.74) is 7.08. The van der Waals surface area contributed by atoms with E-state index in [4.69, 9.17) is 10.5 Å². The van der Waals surface area contributed by atoms with Crippen molar-refractivity contribution < 1.29 is 4.74 Å². The van der Waals surface area contributed by atoms with Crippen LogP contribution in [0, 0.1) is 6.92 Å². The van der Waals surface area contributed by atoms with E-state index in [1.54, 1.807) is 6.20 Å². The second kappa shape index (κ2) is 4.14. The van der Waals surface area contributed by atoms with Crippen LogP contribution in [-0.4, -0.2) is 22.3 Å². The second-order valence-electron chi connectivity index (χ2n) is 4.43. The molecular weight excluding hydrogens is 190 g/mol. The molecule has 1 aliphatic rings. The Bertz CT molecular complexity index is 334. The Morgan fingerprint density at radius 1 is 1.47 bits per heavy atom. The third-order valence-corrected chi connectivity index (χ3v) is 2.88.